The van der Waals surface area contributed by atoms with Crippen LogP contribution in [-0.4, -0.2) is 19.1 Å². The van der Waals surface area contributed by atoms with E-state index in [-0.39, 0.29) is 0 Å². The Hall–Kier alpha value is -0.0800. The van der Waals surface area contributed by atoms with Gasteiger partial charge in [0.2, 0.25) is 0 Å². The Balaban J connectivity index is 1.71. The molecule has 0 amide bonds. The van der Waals surface area contributed by atoms with Crippen molar-refractivity contribution >= 4 is 0 Å². The predicted octanol–water partition coefficient (Wildman–Crippen LogP) is 1.75. The molecule has 0 saturated heterocycles. The number of hydrogen-bond donors (Lipinski definition) is 2. The van der Waals surface area contributed by atoms with Gasteiger partial charge in [-0.3, -0.25) is 0 Å². The van der Waals surface area contributed by atoms with E-state index in [2.05, 4.69) is 12.2 Å². The normalized spacial score (nSPS) is 42.4. The molecule has 2 aliphatic rings. The first-order valence-electron chi connectivity index (χ1n) is 6.24. The van der Waals surface area contributed by atoms with E-state index in [1.165, 1.54) is 38.6 Å². The van der Waals surface area contributed by atoms with Crippen LogP contribution >= 0.6 is 0 Å². The molecule has 2 aliphatic carbocycles. The minimum Gasteiger partial charge on any atom is -0.330 e. The van der Waals surface area contributed by atoms with E-state index < -0.39 is 0 Å². The Morgan fingerprint density at radius 3 is 2.57 bits per heavy atom. The van der Waals surface area contributed by atoms with Gasteiger partial charge in [0, 0.05) is 6.04 Å². The minimum absolute atomic E-state index is 0.724. The van der Waals surface area contributed by atoms with Gasteiger partial charge in [0.25, 0.3) is 0 Å². The molecule has 2 nitrogen and oxygen atoms in total. The van der Waals surface area contributed by atoms with Crippen LogP contribution in [0.2, 0.25) is 0 Å². The lowest BCUT2D eigenvalue weighted by molar-refractivity contribution is 0.265. The van der Waals surface area contributed by atoms with Gasteiger partial charge >= 0.3 is 0 Å². The summed E-state index contributed by atoms with van der Waals surface area (Å²) in [6, 6.07) is 0.724. The molecule has 2 rings (SSSR count). The van der Waals surface area contributed by atoms with Gasteiger partial charge in [0.05, 0.1) is 0 Å². The number of rotatable bonds is 4. The maximum Gasteiger partial charge on any atom is 0.0107 e. The molecule has 14 heavy (non-hydrogen) atoms. The highest BCUT2D eigenvalue weighted by atomic mass is 14.9. The highest BCUT2D eigenvalue weighted by molar-refractivity contribution is 4.88. The lowest BCUT2D eigenvalue weighted by atomic mass is 9.84. The van der Waals surface area contributed by atoms with E-state index in [0.717, 1.165) is 30.3 Å². The van der Waals surface area contributed by atoms with Gasteiger partial charge in [-0.15, -0.1) is 0 Å². The third-order valence-corrected chi connectivity index (χ3v) is 4.13. The first kappa shape index (κ1) is 10.4. The molecule has 2 fully saturated rings. The average Bonchev–Trinajstić information content (AvgIpc) is 2.92. The zero-order chi connectivity index (χ0) is 9.97. The van der Waals surface area contributed by atoms with Crippen molar-refractivity contribution in [3.8, 4) is 0 Å². The van der Waals surface area contributed by atoms with Gasteiger partial charge in [0.1, 0.15) is 0 Å². The molecule has 4 unspecified atom stereocenters. The summed E-state index contributed by atoms with van der Waals surface area (Å²) < 4.78 is 0. The third kappa shape index (κ3) is 2.48. The summed E-state index contributed by atoms with van der Waals surface area (Å²) >= 11 is 0. The van der Waals surface area contributed by atoms with Crippen LogP contribution in [-0.2, 0) is 0 Å². The van der Waals surface area contributed by atoms with E-state index in [0.29, 0.717) is 0 Å². The summed E-state index contributed by atoms with van der Waals surface area (Å²) in [4.78, 5) is 0. The van der Waals surface area contributed by atoms with Crippen molar-refractivity contribution in [1.29, 1.82) is 0 Å². The van der Waals surface area contributed by atoms with Gasteiger partial charge in [-0.25, -0.2) is 0 Å². The van der Waals surface area contributed by atoms with Crippen molar-refractivity contribution in [2.24, 2.45) is 23.5 Å². The monoisotopic (exact) mass is 196 g/mol. The number of nitrogens with two attached hydrogens (primary N) is 1. The minimum atomic E-state index is 0.724. The molecular formula is C12H24N2. The second kappa shape index (κ2) is 4.63. The summed E-state index contributed by atoms with van der Waals surface area (Å²) in [7, 11) is 0. The Morgan fingerprint density at radius 1 is 1.21 bits per heavy atom. The number of nitrogens with one attached hydrogen (secondary N) is 1. The third-order valence-electron chi connectivity index (χ3n) is 4.13. The van der Waals surface area contributed by atoms with Crippen molar-refractivity contribution in [1.82, 2.24) is 5.32 Å². The second-order valence-corrected chi connectivity index (χ2v) is 5.27. The number of hydrogen-bond acceptors (Lipinski definition) is 2. The van der Waals surface area contributed by atoms with Crippen molar-refractivity contribution < 1.29 is 0 Å². The maximum absolute atomic E-state index is 5.80. The lowest BCUT2D eigenvalue weighted by Gasteiger charge is -2.31. The zero-order valence-electron chi connectivity index (χ0n) is 9.34. The molecule has 0 heterocycles. The lowest BCUT2D eigenvalue weighted by Crippen LogP contribution is -2.42. The standard InChI is InChI=1S/C12H24N2/c1-9-6-11(9)8-14-12-5-3-2-4-10(12)7-13/h9-12,14H,2-8,13H2,1H3. The molecule has 0 aromatic heterocycles. The van der Waals surface area contributed by atoms with Gasteiger partial charge in [0.15, 0.2) is 0 Å². The molecule has 2 heteroatoms. The van der Waals surface area contributed by atoms with Crippen LogP contribution in [0.25, 0.3) is 0 Å². The Morgan fingerprint density at radius 2 is 1.93 bits per heavy atom. The average molecular weight is 196 g/mol. The van der Waals surface area contributed by atoms with Crippen molar-refractivity contribution in [2.75, 3.05) is 13.1 Å². The Bertz CT molecular complexity index is 181. The molecule has 0 aromatic rings. The zero-order valence-corrected chi connectivity index (χ0v) is 9.34. The van der Waals surface area contributed by atoms with Crippen LogP contribution in [0, 0.1) is 17.8 Å². The van der Waals surface area contributed by atoms with E-state index in [1.807, 2.05) is 0 Å². The second-order valence-electron chi connectivity index (χ2n) is 5.27. The van der Waals surface area contributed by atoms with Crippen molar-refractivity contribution in [3.05, 3.63) is 0 Å². The fourth-order valence-corrected chi connectivity index (χ4v) is 2.74. The molecule has 0 spiro atoms. The predicted molar refractivity (Wildman–Crippen MR) is 60.1 cm³/mol. The highest BCUT2D eigenvalue weighted by Crippen LogP contribution is 2.37. The van der Waals surface area contributed by atoms with Gasteiger partial charge in [-0.05, 0) is 50.1 Å². The molecule has 0 aliphatic heterocycles. The van der Waals surface area contributed by atoms with E-state index in [1.54, 1.807) is 0 Å². The van der Waals surface area contributed by atoms with Crippen LogP contribution in [0.3, 0.4) is 0 Å². The smallest absolute Gasteiger partial charge is 0.0107 e. The van der Waals surface area contributed by atoms with Gasteiger partial charge in [-0.1, -0.05) is 19.8 Å². The van der Waals surface area contributed by atoms with E-state index in [4.69, 9.17) is 5.73 Å². The van der Waals surface area contributed by atoms with Gasteiger partial charge < -0.3 is 11.1 Å². The van der Waals surface area contributed by atoms with Crippen LogP contribution < -0.4 is 11.1 Å². The molecular weight excluding hydrogens is 172 g/mol. The Kier molecular flexibility index (Phi) is 3.45. The van der Waals surface area contributed by atoms with Gasteiger partial charge in [-0.2, -0.15) is 0 Å². The van der Waals surface area contributed by atoms with Crippen LogP contribution in [0.15, 0.2) is 0 Å². The van der Waals surface area contributed by atoms with E-state index >= 15 is 0 Å². The summed E-state index contributed by atoms with van der Waals surface area (Å²) in [6.45, 7) is 4.47. The topological polar surface area (TPSA) is 38.0 Å². The summed E-state index contributed by atoms with van der Waals surface area (Å²) in [6.07, 6.45) is 6.92. The summed E-state index contributed by atoms with van der Waals surface area (Å²) in [5.74, 6) is 2.69. The molecule has 2 saturated carbocycles. The first-order valence-corrected chi connectivity index (χ1v) is 6.24. The Labute approximate surface area is 87.6 Å². The van der Waals surface area contributed by atoms with Crippen molar-refractivity contribution in [3.63, 3.8) is 0 Å². The molecule has 3 N–H and O–H groups in total. The first-order chi connectivity index (χ1) is 6.81. The molecule has 4 atom stereocenters. The van der Waals surface area contributed by atoms with E-state index in [9.17, 15) is 0 Å². The fourth-order valence-electron chi connectivity index (χ4n) is 2.74. The van der Waals surface area contributed by atoms with Crippen LogP contribution in [0.5, 0.6) is 0 Å². The fraction of sp³-hybridized carbons (Fsp3) is 1.00. The molecule has 0 bridgehead atoms. The van der Waals surface area contributed by atoms with Crippen LogP contribution in [0.4, 0.5) is 0 Å². The molecule has 0 aromatic carbocycles. The SMILES string of the molecule is CC1CC1CNC1CCCCC1CN. The van der Waals surface area contributed by atoms with Crippen LogP contribution in [0.1, 0.15) is 39.0 Å². The largest absolute Gasteiger partial charge is 0.330 e. The summed E-state index contributed by atoms with van der Waals surface area (Å²) in [5.41, 5.74) is 5.80. The summed E-state index contributed by atoms with van der Waals surface area (Å²) in [5, 5.41) is 3.73. The maximum atomic E-state index is 5.80. The molecule has 0 radical (unpaired) electrons. The quantitative estimate of drug-likeness (QED) is 0.719. The highest BCUT2D eigenvalue weighted by Gasteiger charge is 2.33. The van der Waals surface area contributed by atoms with Crippen molar-refractivity contribution in [2.45, 2.75) is 45.1 Å². The molecule has 82 valence electrons.